The van der Waals surface area contributed by atoms with Crippen molar-refractivity contribution in [2.45, 2.75) is 71.6 Å². The molecule has 7 heteroatoms. The average molecular weight is 390 g/mol. The molecule has 0 saturated carbocycles. The Morgan fingerprint density at radius 2 is 1.57 bits per heavy atom. The van der Waals surface area contributed by atoms with Crippen molar-refractivity contribution in [3.8, 4) is 5.75 Å². The molecule has 0 aliphatic carbocycles. The second kappa shape index (κ2) is 7.47. The normalized spacial score (nSPS) is 14.6. The van der Waals surface area contributed by atoms with Gasteiger partial charge in [-0.1, -0.05) is 6.07 Å². The molecular weight excluding hydrogens is 360 g/mol. The van der Waals surface area contributed by atoms with Gasteiger partial charge in [0.05, 0.1) is 5.52 Å². The predicted octanol–water partition coefficient (Wildman–Crippen LogP) is 3.28. The number of aromatic amines is 1. The number of carbonyl (C=O) groups excluding carboxylic acids is 2. The molecule has 4 N–H and O–H groups in total. The number of benzene rings is 1. The molecule has 1 aromatic heterocycles. The summed E-state index contributed by atoms with van der Waals surface area (Å²) in [6.45, 7) is 12.3. The van der Waals surface area contributed by atoms with Crippen LogP contribution in [0, 0.1) is 6.92 Å². The Morgan fingerprint density at radius 3 is 2.11 bits per heavy atom. The van der Waals surface area contributed by atoms with Crippen LogP contribution in [-0.4, -0.2) is 39.3 Å². The van der Waals surface area contributed by atoms with Gasteiger partial charge in [-0.2, -0.15) is 0 Å². The third kappa shape index (κ3) is 4.84. The van der Waals surface area contributed by atoms with E-state index < -0.39 is 35.1 Å². The Morgan fingerprint density at radius 1 is 1.04 bits per heavy atom. The minimum absolute atomic E-state index is 0.0422. The molecule has 154 valence electrons. The lowest BCUT2D eigenvalue weighted by Gasteiger charge is -2.28. The van der Waals surface area contributed by atoms with Crippen molar-refractivity contribution in [1.82, 2.24) is 4.98 Å². The van der Waals surface area contributed by atoms with Gasteiger partial charge >= 0.3 is 11.9 Å². The van der Waals surface area contributed by atoms with Gasteiger partial charge in [0, 0.05) is 11.6 Å². The van der Waals surface area contributed by atoms with Crippen molar-refractivity contribution in [2.75, 3.05) is 0 Å². The zero-order valence-electron chi connectivity index (χ0n) is 17.5. The molecule has 0 bridgehead atoms. The molecule has 2 rings (SSSR count). The molecule has 0 spiro atoms. The summed E-state index contributed by atoms with van der Waals surface area (Å²) in [6.07, 6.45) is 1.58. The Bertz CT molecular complexity index is 887. The van der Waals surface area contributed by atoms with Gasteiger partial charge in [0.25, 0.3) is 0 Å². The lowest BCUT2D eigenvalue weighted by atomic mass is 9.89. The van der Waals surface area contributed by atoms with Crippen LogP contribution in [-0.2, 0) is 19.1 Å². The lowest BCUT2D eigenvalue weighted by Crippen LogP contribution is -2.45. The SMILES string of the molecule is Cc1ccc(O)c2[nH]cc(C(C(=O)OC(C)(C)C)C(N)C(=O)OC(C)(C)C)c12. The van der Waals surface area contributed by atoms with E-state index in [1.54, 1.807) is 59.9 Å². The first-order valence-electron chi connectivity index (χ1n) is 9.22. The third-order valence-electron chi connectivity index (χ3n) is 4.09. The Labute approximate surface area is 165 Å². The lowest BCUT2D eigenvalue weighted by molar-refractivity contribution is -0.165. The van der Waals surface area contributed by atoms with Gasteiger partial charge in [-0.15, -0.1) is 0 Å². The number of phenols is 1. The topological polar surface area (TPSA) is 115 Å². The summed E-state index contributed by atoms with van der Waals surface area (Å²) in [4.78, 5) is 28.6. The van der Waals surface area contributed by atoms with E-state index in [2.05, 4.69) is 4.98 Å². The Hall–Kier alpha value is -2.54. The number of esters is 2. The van der Waals surface area contributed by atoms with Gasteiger partial charge in [-0.3, -0.25) is 9.59 Å². The second-order valence-corrected chi connectivity index (χ2v) is 8.97. The maximum absolute atomic E-state index is 13.0. The number of nitrogens with one attached hydrogen (secondary N) is 1. The zero-order chi connectivity index (χ0) is 21.4. The number of aromatic hydroxyl groups is 1. The van der Waals surface area contributed by atoms with Gasteiger partial charge in [-0.25, -0.2) is 0 Å². The zero-order valence-corrected chi connectivity index (χ0v) is 17.5. The molecule has 0 fully saturated rings. The first-order chi connectivity index (χ1) is 12.7. The number of aromatic nitrogens is 1. The Balaban J connectivity index is 2.58. The molecule has 28 heavy (non-hydrogen) atoms. The molecule has 2 aromatic rings. The van der Waals surface area contributed by atoms with Gasteiger partial charge in [0.15, 0.2) is 0 Å². The predicted molar refractivity (Wildman–Crippen MR) is 107 cm³/mol. The van der Waals surface area contributed by atoms with Crippen LogP contribution in [0.25, 0.3) is 10.9 Å². The fourth-order valence-electron chi connectivity index (χ4n) is 3.02. The summed E-state index contributed by atoms with van der Waals surface area (Å²) in [5.74, 6) is -2.38. The highest BCUT2D eigenvalue weighted by molar-refractivity contribution is 5.97. The molecule has 1 heterocycles. The summed E-state index contributed by atoms with van der Waals surface area (Å²) in [6, 6.07) is 2.03. The molecule has 0 aliphatic rings. The van der Waals surface area contributed by atoms with Crippen LogP contribution in [0.4, 0.5) is 0 Å². The fraction of sp³-hybridized carbons (Fsp3) is 0.524. The fourth-order valence-corrected chi connectivity index (χ4v) is 3.02. The van der Waals surface area contributed by atoms with Crippen molar-refractivity contribution in [1.29, 1.82) is 0 Å². The van der Waals surface area contributed by atoms with E-state index in [4.69, 9.17) is 15.2 Å². The van der Waals surface area contributed by atoms with E-state index in [9.17, 15) is 14.7 Å². The number of rotatable bonds is 4. The van der Waals surface area contributed by atoms with Gasteiger partial charge in [-0.05, 0) is 65.7 Å². The van der Waals surface area contributed by atoms with E-state index >= 15 is 0 Å². The van der Waals surface area contributed by atoms with Crippen LogP contribution in [0.2, 0.25) is 0 Å². The average Bonchev–Trinajstić information content (AvgIpc) is 2.93. The number of nitrogens with two attached hydrogens (primary N) is 1. The smallest absolute Gasteiger partial charge is 0.324 e. The summed E-state index contributed by atoms with van der Waals surface area (Å²) >= 11 is 0. The summed E-state index contributed by atoms with van der Waals surface area (Å²) in [5, 5.41) is 10.8. The number of hydrogen-bond donors (Lipinski definition) is 3. The largest absolute Gasteiger partial charge is 0.506 e. The Kier molecular flexibility index (Phi) is 5.80. The van der Waals surface area contributed by atoms with Crippen molar-refractivity contribution >= 4 is 22.8 Å². The first kappa shape index (κ1) is 21.8. The van der Waals surface area contributed by atoms with E-state index in [0.29, 0.717) is 16.5 Å². The van der Waals surface area contributed by atoms with E-state index in [-0.39, 0.29) is 5.75 Å². The minimum Gasteiger partial charge on any atom is -0.506 e. The molecule has 0 amide bonds. The molecule has 1 aromatic carbocycles. The van der Waals surface area contributed by atoms with Crippen LogP contribution in [0.5, 0.6) is 5.75 Å². The van der Waals surface area contributed by atoms with Crippen LogP contribution < -0.4 is 5.73 Å². The molecule has 0 radical (unpaired) electrons. The van der Waals surface area contributed by atoms with Crippen molar-refractivity contribution in [3.05, 3.63) is 29.5 Å². The third-order valence-corrected chi connectivity index (χ3v) is 4.09. The monoisotopic (exact) mass is 390 g/mol. The van der Waals surface area contributed by atoms with Crippen LogP contribution >= 0.6 is 0 Å². The highest BCUT2D eigenvalue weighted by atomic mass is 16.6. The van der Waals surface area contributed by atoms with Crippen LogP contribution in [0.1, 0.15) is 58.6 Å². The van der Waals surface area contributed by atoms with Crippen LogP contribution in [0.15, 0.2) is 18.3 Å². The number of phenolic OH excluding ortho intramolecular Hbond substituents is 1. The van der Waals surface area contributed by atoms with Gasteiger partial charge < -0.3 is 25.3 Å². The van der Waals surface area contributed by atoms with Gasteiger partial charge in [0.1, 0.15) is 28.9 Å². The second-order valence-electron chi connectivity index (χ2n) is 8.97. The van der Waals surface area contributed by atoms with Crippen molar-refractivity contribution < 1.29 is 24.2 Å². The first-order valence-corrected chi connectivity index (χ1v) is 9.22. The summed E-state index contributed by atoms with van der Waals surface area (Å²) in [5.41, 5.74) is 6.48. The van der Waals surface area contributed by atoms with E-state index in [1.807, 2.05) is 6.92 Å². The number of hydrogen-bond acceptors (Lipinski definition) is 6. The van der Waals surface area contributed by atoms with E-state index in [0.717, 1.165) is 5.56 Å². The maximum atomic E-state index is 13.0. The highest BCUT2D eigenvalue weighted by Crippen LogP contribution is 2.36. The number of ether oxygens (including phenoxy) is 2. The number of fused-ring (bicyclic) bond motifs is 1. The number of carbonyl (C=O) groups is 2. The molecule has 0 saturated heterocycles. The van der Waals surface area contributed by atoms with Crippen molar-refractivity contribution in [3.63, 3.8) is 0 Å². The quantitative estimate of drug-likeness (QED) is 0.690. The van der Waals surface area contributed by atoms with E-state index in [1.165, 1.54) is 0 Å². The highest BCUT2D eigenvalue weighted by Gasteiger charge is 2.39. The molecule has 2 unspecified atom stereocenters. The molecule has 2 atom stereocenters. The molecule has 7 nitrogen and oxygen atoms in total. The number of H-pyrrole nitrogens is 1. The molecule has 0 aliphatic heterocycles. The maximum Gasteiger partial charge on any atom is 0.324 e. The van der Waals surface area contributed by atoms with Crippen molar-refractivity contribution in [2.24, 2.45) is 5.73 Å². The molecular formula is C21H30N2O5. The summed E-state index contributed by atoms with van der Waals surface area (Å²) in [7, 11) is 0. The standard InChI is InChI=1S/C21H30N2O5/c1-11-8-9-13(24)17-14(11)12(10-23-17)15(18(25)27-20(2,3)4)16(22)19(26)28-21(5,6)7/h8-10,15-16,23-24H,22H2,1-7H3. The summed E-state index contributed by atoms with van der Waals surface area (Å²) < 4.78 is 10.9. The minimum atomic E-state index is -1.27. The number of aryl methyl sites for hydroxylation is 1. The van der Waals surface area contributed by atoms with Crippen LogP contribution in [0.3, 0.4) is 0 Å². The van der Waals surface area contributed by atoms with Gasteiger partial charge in [0.2, 0.25) is 0 Å².